The summed E-state index contributed by atoms with van der Waals surface area (Å²) in [5.41, 5.74) is 6.06. The number of hydrazine groups is 1. The largest absolute Gasteiger partial charge is 0.379 e. The van der Waals surface area contributed by atoms with Crippen LogP contribution in [0, 0.1) is 0 Å². The number of nitrogens with one attached hydrogen (secondary N) is 1. The normalized spacial score (nSPS) is 17.8. The van der Waals surface area contributed by atoms with Crippen molar-refractivity contribution in [3.05, 3.63) is 24.0 Å². The molecule has 8 heteroatoms. The van der Waals surface area contributed by atoms with Gasteiger partial charge in [0.1, 0.15) is 4.90 Å². The molecule has 0 radical (unpaired) electrons. The molecule has 0 unspecified atom stereocenters. The molecule has 0 bridgehead atoms. The van der Waals surface area contributed by atoms with Gasteiger partial charge in [-0.1, -0.05) is 0 Å². The predicted octanol–water partition coefficient (Wildman–Crippen LogP) is -0.934. The third-order valence-corrected chi connectivity index (χ3v) is 3.94. The van der Waals surface area contributed by atoms with Crippen LogP contribution >= 0.6 is 0 Å². The molecule has 0 saturated carbocycles. The second-order valence-corrected chi connectivity index (χ2v) is 5.54. The molecule has 1 aliphatic rings. The minimum Gasteiger partial charge on any atom is -0.379 e. The number of hydrogen-bond donors (Lipinski definition) is 2. The molecule has 18 heavy (non-hydrogen) atoms. The Morgan fingerprint density at radius 3 is 2.67 bits per heavy atom. The molecular weight excluding hydrogens is 256 g/mol. The number of nitrogens with zero attached hydrogens (tertiary/aromatic N) is 2. The minimum atomic E-state index is -3.57. The Balaban J connectivity index is 2.08. The van der Waals surface area contributed by atoms with E-state index in [9.17, 15) is 8.42 Å². The van der Waals surface area contributed by atoms with Gasteiger partial charge in [-0.25, -0.2) is 13.4 Å². The second-order valence-electron chi connectivity index (χ2n) is 3.88. The summed E-state index contributed by atoms with van der Waals surface area (Å²) < 4.78 is 29.2. The van der Waals surface area contributed by atoms with Crippen LogP contribution in [0.2, 0.25) is 0 Å². The van der Waals surface area contributed by atoms with Crippen molar-refractivity contribution in [2.45, 2.75) is 11.4 Å². The molecule has 0 atom stereocenters. The van der Waals surface area contributed by atoms with Crippen molar-refractivity contribution in [3.63, 3.8) is 0 Å². The van der Waals surface area contributed by atoms with Crippen LogP contribution < -0.4 is 10.6 Å². The molecule has 0 aliphatic carbocycles. The Labute approximate surface area is 106 Å². The topological polar surface area (TPSA) is 97.5 Å². The average molecular weight is 272 g/mol. The molecule has 0 aromatic carbocycles. The van der Waals surface area contributed by atoms with Crippen LogP contribution in [0.15, 0.2) is 23.2 Å². The fourth-order valence-electron chi connectivity index (χ4n) is 1.57. The Morgan fingerprint density at radius 1 is 1.39 bits per heavy atom. The zero-order valence-corrected chi connectivity index (χ0v) is 10.7. The molecule has 1 fully saturated rings. The lowest BCUT2D eigenvalue weighted by Crippen LogP contribution is -2.48. The first kappa shape index (κ1) is 13.4. The van der Waals surface area contributed by atoms with Gasteiger partial charge in [0.15, 0.2) is 0 Å². The second kappa shape index (κ2) is 5.72. The fourth-order valence-corrected chi connectivity index (χ4v) is 2.63. The molecule has 1 aromatic rings. The van der Waals surface area contributed by atoms with Gasteiger partial charge in [-0.3, -0.25) is 4.98 Å². The van der Waals surface area contributed by atoms with Crippen molar-refractivity contribution in [1.29, 1.82) is 0 Å². The van der Waals surface area contributed by atoms with Gasteiger partial charge < -0.3 is 10.5 Å². The monoisotopic (exact) mass is 272 g/mol. The van der Waals surface area contributed by atoms with E-state index in [1.165, 1.54) is 12.3 Å². The van der Waals surface area contributed by atoms with Crippen molar-refractivity contribution in [1.82, 2.24) is 14.8 Å². The zero-order valence-electron chi connectivity index (χ0n) is 9.87. The third-order valence-electron chi connectivity index (χ3n) is 2.58. The number of morpholine rings is 1. The Hall–Kier alpha value is -1.06. The van der Waals surface area contributed by atoms with E-state index in [-0.39, 0.29) is 11.4 Å². The lowest BCUT2D eigenvalue weighted by molar-refractivity contribution is 0.0272. The van der Waals surface area contributed by atoms with Gasteiger partial charge in [-0.15, -0.1) is 4.83 Å². The van der Waals surface area contributed by atoms with E-state index in [4.69, 9.17) is 10.5 Å². The first-order valence-electron chi connectivity index (χ1n) is 5.62. The smallest absolute Gasteiger partial charge is 0.254 e. The van der Waals surface area contributed by atoms with Crippen molar-refractivity contribution in [3.8, 4) is 0 Å². The van der Waals surface area contributed by atoms with Gasteiger partial charge in [0.05, 0.1) is 18.9 Å². The van der Waals surface area contributed by atoms with Gasteiger partial charge in [-0.2, -0.15) is 0 Å². The highest BCUT2D eigenvalue weighted by Gasteiger charge is 2.20. The van der Waals surface area contributed by atoms with Gasteiger partial charge in [0.25, 0.3) is 10.0 Å². The van der Waals surface area contributed by atoms with Crippen LogP contribution in [0.3, 0.4) is 0 Å². The summed E-state index contributed by atoms with van der Waals surface area (Å²) in [6, 6.07) is 3.10. The zero-order chi connectivity index (χ0) is 13.0. The van der Waals surface area contributed by atoms with Crippen LogP contribution in [-0.2, 0) is 21.3 Å². The number of aromatic nitrogens is 1. The summed E-state index contributed by atoms with van der Waals surface area (Å²) >= 11 is 0. The lowest BCUT2D eigenvalue weighted by Gasteiger charge is -2.26. The van der Waals surface area contributed by atoms with E-state index < -0.39 is 10.0 Å². The SMILES string of the molecule is NCc1ccc(S(=O)(=O)NN2CCOCC2)cn1. The first-order chi connectivity index (χ1) is 8.62. The van der Waals surface area contributed by atoms with E-state index in [1.807, 2.05) is 0 Å². The van der Waals surface area contributed by atoms with E-state index in [2.05, 4.69) is 9.82 Å². The number of pyridine rings is 1. The maximum Gasteiger partial charge on any atom is 0.254 e. The highest BCUT2D eigenvalue weighted by atomic mass is 32.2. The van der Waals surface area contributed by atoms with Crippen LogP contribution in [0.25, 0.3) is 0 Å². The fraction of sp³-hybridized carbons (Fsp3) is 0.500. The Morgan fingerprint density at radius 2 is 2.11 bits per heavy atom. The molecule has 1 saturated heterocycles. The molecule has 2 heterocycles. The summed E-state index contributed by atoms with van der Waals surface area (Å²) in [5.74, 6) is 0. The van der Waals surface area contributed by atoms with E-state index in [0.717, 1.165) is 0 Å². The van der Waals surface area contributed by atoms with Crippen molar-refractivity contribution in [2.24, 2.45) is 5.73 Å². The van der Waals surface area contributed by atoms with Gasteiger partial charge in [0.2, 0.25) is 0 Å². The summed E-state index contributed by atoms with van der Waals surface area (Å²) in [4.78, 5) is 6.60. The van der Waals surface area contributed by atoms with E-state index in [0.29, 0.717) is 32.0 Å². The van der Waals surface area contributed by atoms with Crippen LogP contribution in [0.5, 0.6) is 0 Å². The van der Waals surface area contributed by atoms with Gasteiger partial charge >= 0.3 is 0 Å². The summed E-state index contributed by atoms with van der Waals surface area (Å²) in [5, 5.41) is 1.62. The van der Waals surface area contributed by atoms with Crippen LogP contribution in [-0.4, -0.2) is 44.7 Å². The third kappa shape index (κ3) is 3.24. The molecule has 7 nitrogen and oxygen atoms in total. The number of nitrogens with two attached hydrogens (primary N) is 1. The summed E-state index contributed by atoms with van der Waals surface area (Å²) in [6.45, 7) is 2.40. The van der Waals surface area contributed by atoms with Crippen LogP contribution in [0.4, 0.5) is 0 Å². The molecule has 1 aromatic heterocycles. The molecular formula is C10H16N4O3S. The number of rotatable bonds is 4. The van der Waals surface area contributed by atoms with E-state index >= 15 is 0 Å². The quantitative estimate of drug-likeness (QED) is 0.734. The first-order valence-corrected chi connectivity index (χ1v) is 7.10. The maximum absolute atomic E-state index is 12.0. The highest BCUT2D eigenvalue weighted by Crippen LogP contribution is 2.08. The molecule has 0 spiro atoms. The maximum atomic E-state index is 12.0. The standard InChI is InChI=1S/C10H16N4O3S/c11-7-9-1-2-10(8-12-9)18(15,16)13-14-3-5-17-6-4-14/h1-2,8,13H,3-7,11H2. The van der Waals surface area contributed by atoms with Crippen molar-refractivity contribution in [2.75, 3.05) is 26.3 Å². The molecule has 100 valence electrons. The Bertz CT molecular complexity index is 482. The van der Waals surface area contributed by atoms with E-state index in [1.54, 1.807) is 11.1 Å². The molecule has 0 amide bonds. The minimum absolute atomic E-state index is 0.131. The lowest BCUT2D eigenvalue weighted by atomic mass is 10.4. The van der Waals surface area contributed by atoms with Crippen molar-refractivity contribution < 1.29 is 13.2 Å². The van der Waals surface area contributed by atoms with Crippen molar-refractivity contribution >= 4 is 10.0 Å². The number of sulfonamides is 1. The number of hydrogen-bond acceptors (Lipinski definition) is 6. The van der Waals surface area contributed by atoms with Gasteiger partial charge in [-0.05, 0) is 12.1 Å². The van der Waals surface area contributed by atoms with Crippen LogP contribution in [0.1, 0.15) is 5.69 Å². The predicted molar refractivity (Wildman–Crippen MR) is 64.8 cm³/mol. The Kier molecular flexibility index (Phi) is 4.25. The molecule has 3 N–H and O–H groups in total. The summed E-state index contributed by atoms with van der Waals surface area (Å²) in [6.07, 6.45) is 1.31. The summed E-state index contributed by atoms with van der Waals surface area (Å²) in [7, 11) is -3.57. The molecule has 2 rings (SSSR count). The highest BCUT2D eigenvalue weighted by molar-refractivity contribution is 7.89. The average Bonchev–Trinajstić information content (AvgIpc) is 2.39. The van der Waals surface area contributed by atoms with Gasteiger partial charge in [0, 0.05) is 25.8 Å². The molecule has 1 aliphatic heterocycles. The number of ether oxygens (including phenoxy) is 1.